The van der Waals surface area contributed by atoms with Gasteiger partial charge in [-0.25, -0.2) is 0 Å². The zero-order valence-electron chi connectivity index (χ0n) is 6.58. The Labute approximate surface area is 85.5 Å². The number of alkyl halides is 1. The van der Waals surface area contributed by atoms with Crippen molar-refractivity contribution in [3.8, 4) is 0 Å². The molecule has 0 saturated heterocycles. The van der Waals surface area contributed by atoms with E-state index in [1.807, 2.05) is 0 Å². The zero-order chi connectivity index (χ0) is 10.3. The molecule has 1 aromatic carbocycles. The predicted octanol–water partition coefficient (Wildman–Crippen LogP) is 2.78. The fraction of sp³-hybridized carbons (Fsp3) is 0.125. The number of benzene rings is 1. The Bertz CT molecular complexity index is 276. The van der Waals surface area contributed by atoms with Gasteiger partial charge < -0.3 is 0 Å². The van der Waals surface area contributed by atoms with Crippen molar-refractivity contribution in [3.63, 3.8) is 0 Å². The number of ketones is 1. The molecule has 0 aromatic heterocycles. The highest BCUT2D eigenvalue weighted by Gasteiger charge is 2.02. The number of halogens is 2. The fourth-order valence-electron chi connectivity index (χ4n) is 0.739. The van der Waals surface area contributed by atoms with Crippen LogP contribution in [0.15, 0.2) is 24.3 Å². The van der Waals surface area contributed by atoms with Crippen LogP contribution in [0.25, 0.3) is 0 Å². The highest BCUT2D eigenvalue weighted by atomic mass is 35.5. The Morgan fingerprint density at radius 2 is 2.00 bits per heavy atom. The number of carbonyl (C=O) groups is 1. The van der Waals surface area contributed by atoms with Crippen LogP contribution in [0.3, 0.4) is 0 Å². The summed E-state index contributed by atoms with van der Waals surface area (Å²) in [5, 5.41) is 12.6. The predicted molar refractivity (Wildman–Crippen MR) is 51.8 cm³/mol. The topological polar surface area (TPSA) is 57.5 Å². The molecule has 2 N–H and O–H groups in total. The molecular weight excluding hydrogens is 215 g/mol. The summed E-state index contributed by atoms with van der Waals surface area (Å²) in [7, 11) is 0. The van der Waals surface area contributed by atoms with Gasteiger partial charge in [-0.3, -0.25) is 15.3 Å². The molecule has 0 aliphatic carbocycles. The van der Waals surface area contributed by atoms with Gasteiger partial charge in [-0.05, 0) is 12.1 Å². The molecule has 0 unspecified atom stereocenters. The summed E-state index contributed by atoms with van der Waals surface area (Å²) in [5.74, 6) is -0.102. The molecule has 1 aromatic rings. The fourth-order valence-corrected chi connectivity index (χ4v) is 1.08. The van der Waals surface area contributed by atoms with Gasteiger partial charge >= 0.3 is 0 Å². The number of carbonyl (C=O) groups excluding carboxylic acids is 1. The first kappa shape index (κ1) is 12.4. The Morgan fingerprint density at radius 3 is 2.46 bits per heavy atom. The summed E-state index contributed by atoms with van der Waals surface area (Å²) in [4.78, 5) is 11.0. The van der Waals surface area contributed by atoms with Crippen molar-refractivity contribution in [2.75, 3.05) is 5.88 Å². The van der Waals surface area contributed by atoms with Crippen molar-refractivity contribution in [1.29, 1.82) is 0 Å². The largest absolute Gasteiger partial charge is 0.293 e. The Hall–Kier alpha value is -0.610. The van der Waals surface area contributed by atoms with Crippen molar-refractivity contribution >= 4 is 29.0 Å². The molecule has 0 radical (unpaired) electrons. The summed E-state index contributed by atoms with van der Waals surface area (Å²) >= 11 is 11.0. The molecule has 5 heteroatoms. The van der Waals surface area contributed by atoms with Crippen LogP contribution in [-0.2, 0) is 0 Å². The molecule has 13 heavy (non-hydrogen) atoms. The van der Waals surface area contributed by atoms with Gasteiger partial charge in [-0.1, -0.05) is 23.7 Å². The van der Waals surface area contributed by atoms with Gasteiger partial charge in [0.25, 0.3) is 0 Å². The van der Waals surface area contributed by atoms with E-state index in [0.717, 1.165) is 0 Å². The monoisotopic (exact) mass is 222 g/mol. The average molecular weight is 223 g/mol. The molecule has 0 atom stereocenters. The zero-order valence-corrected chi connectivity index (χ0v) is 8.09. The van der Waals surface area contributed by atoms with E-state index in [0.29, 0.717) is 10.6 Å². The third-order valence-corrected chi connectivity index (χ3v) is 1.75. The minimum Gasteiger partial charge on any atom is -0.293 e. The van der Waals surface area contributed by atoms with Crippen LogP contribution in [-0.4, -0.2) is 22.2 Å². The van der Waals surface area contributed by atoms with Crippen LogP contribution >= 0.6 is 23.2 Å². The standard InChI is InChI=1S/C8H6Cl2O.H2O2/c9-5-8(11)6-2-1-3-7(10)4-6;1-2/h1-4H,5H2;1-2H. The van der Waals surface area contributed by atoms with E-state index < -0.39 is 0 Å². The molecule has 0 aliphatic heterocycles. The molecule has 0 bridgehead atoms. The molecule has 3 nitrogen and oxygen atoms in total. The lowest BCUT2D eigenvalue weighted by Gasteiger charge is -1.95. The molecule has 72 valence electrons. The highest BCUT2D eigenvalue weighted by Crippen LogP contribution is 2.11. The van der Waals surface area contributed by atoms with Crippen molar-refractivity contribution in [2.45, 2.75) is 0 Å². The van der Waals surface area contributed by atoms with Crippen LogP contribution in [0.4, 0.5) is 0 Å². The molecule has 0 amide bonds. The van der Waals surface area contributed by atoms with Gasteiger partial charge in [0, 0.05) is 10.6 Å². The highest BCUT2D eigenvalue weighted by molar-refractivity contribution is 6.32. The van der Waals surface area contributed by atoms with Crippen LogP contribution in [0.5, 0.6) is 0 Å². The summed E-state index contributed by atoms with van der Waals surface area (Å²) < 4.78 is 0. The van der Waals surface area contributed by atoms with Gasteiger partial charge in [0.1, 0.15) is 0 Å². The minimum atomic E-state index is -0.103. The van der Waals surface area contributed by atoms with Crippen LogP contribution in [0, 0.1) is 0 Å². The summed E-state index contributed by atoms with van der Waals surface area (Å²) in [5.41, 5.74) is 0.563. The van der Waals surface area contributed by atoms with Gasteiger partial charge in [0.15, 0.2) is 5.78 Å². The molecule has 0 spiro atoms. The van der Waals surface area contributed by atoms with Crippen molar-refractivity contribution < 1.29 is 15.3 Å². The Morgan fingerprint density at radius 1 is 1.38 bits per heavy atom. The van der Waals surface area contributed by atoms with Crippen molar-refractivity contribution in [1.82, 2.24) is 0 Å². The second-order valence-electron chi connectivity index (χ2n) is 2.07. The number of rotatable bonds is 2. The maximum Gasteiger partial charge on any atom is 0.177 e. The lowest BCUT2D eigenvalue weighted by Crippen LogP contribution is -1.98. The van der Waals surface area contributed by atoms with E-state index in [2.05, 4.69) is 0 Å². The van der Waals surface area contributed by atoms with Crippen LogP contribution < -0.4 is 0 Å². The maximum atomic E-state index is 11.0. The van der Waals surface area contributed by atoms with E-state index in [4.69, 9.17) is 33.7 Å². The summed E-state index contributed by atoms with van der Waals surface area (Å²) in [6, 6.07) is 6.73. The number of Topliss-reactive ketones (excluding diaryl/α,β-unsaturated/α-hetero) is 1. The summed E-state index contributed by atoms with van der Waals surface area (Å²) in [6.07, 6.45) is 0. The first-order valence-electron chi connectivity index (χ1n) is 3.29. The normalized spacial score (nSPS) is 8.62. The van der Waals surface area contributed by atoms with Gasteiger partial charge in [0.05, 0.1) is 5.88 Å². The first-order chi connectivity index (χ1) is 6.24. The van der Waals surface area contributed by atoms with Crippen LogP contribution in [0.2, 0.25) is 5.02 Å². The van der Waals surface area contributed by atoms with Gasteiger partial charge in [0.2, 0.25) is 0 Å². The molecule has 0 aliphatic rings. The number of hydrogen-bond donors (Lipinski definition) is 2. The second kappa shape index (κ2) is 6.86. The van der Waals surface area contributed by atoms with E-state index in [-0.39, 0.29) is 11.7 Å². The smallest absolute Gasteiger partial charge is 0.177 e. The maximum absolute atomic E-state index is 11.0. The van der Waals surface area contributed by atoms with E-state index in [1.54, 1.807) is 24.3 Å². The first-order valence-corrected chi connectivity index (χ1v) is 4.20. The van der Waals surface area contributed by atoms with E-state index in [1.165, 1.54) is 0 Å². The van der Waals surface area contributed by atoms with Gasteiger partial charge in [-0.15, -0.1) is 11.6 Å². The Kier molecular flexibility index (Phi) is 6.54. The van der Waals surface area contributed by atoms with Crippen molar-refractivity contribution in [2.24, 2.45) is 0 Å². The molecule has 1 rings (SSSR count). The molecule has 0 fully saturated rings. The number of hydrogen-bond acceptors (Lipinski definition) is 3. The average Bonchev–Trinajstić information content (AvgIpc) is 2.20. The van der Waals surface area contributed by atoms with Crippen molar-refractivity contribution in [3.05, 3.63) is 34.9 Å². The SMILES string of the molecule is O=C(CCl)c1cccc(Cl)c1.OO. The molecule has 0 heterocycles. The van der Waals surface area contributed by atoms with Crippen LogP contribution in [0.1, 0.15) is 10.4 Å². The Balaban J connectivity index is 0.000000671. The lowest BCUT2D eigenvalue weighted by atomic mass is 10.1. The van der Waals surface area contributed by atoms with E-state index >= 15 is 0 Å². The van der Waals surface area contributed by atoms with E-state index in [9.17, 15) is 4.79 Å². The minimum absolute atomic E-state index is 0.000340. The third-order valence-electron chi connectivity index (χ3n) is 1.27. The van der Waals surface area contributed by atoms with Gasteiger partial charge in [-0.2, -0.15) is 0 Å². The quantitative estimate of drug-likeness (QED) is 0.350. The molecule has 0 saturated carbocycles. The second-order valence-corrected chi connectivity index (χ2v) is 2.77. The molecular formula is C8H8Cl2O3. The third kappa shape index (κ3) is 4.24. The lowest BCUT2D eigenvalue weighted by molar-refractivity contribution is -0.176. The summed E-state index contributed by atoms with van der Waals surface area (Å²) in [6.45, 7) is 0.